The molecule has 0 spiro atoms. The van der Waals surface area contributed by atoms with Gasteiger partial charge in [-0.15, -0.1) is 0 Å². The van der Waals surface area contributed by atoms with E-state index in [9.17, 15) is 4.79 Å². The number of unbranched alkanes of at least 4 members (excludes halogenated alkanes) is 4. The van der Waals surface area contributed by atoms with Crippen molar-refractivity contribution in [3.8, 4) is 0 Å². The molecule has 0 aliphatic carbocycles. The summed E-state index contributed by atoms with van der Waals surface area (Å²) in [5, 5.41) is 0.939. The molecule has 1 amide bonds. The standard InChI is InChI=1S/C15H28BrNO/c1-2-3-4-5-8-11-15(18)17-12-9-6-7-10-14(17)13-16/h14H,2-13H2,1H3. The van der Waals surface area contributed by atoms with Crippen LogP contribution in [0.3, 0.4) is 0 Å². The largest absolute Gasteiger partial charge is 0.339 e. The second-order valence-electron chi connectivity index (χ2n) is 5.41. The molecule has 0 radical (unpaired) electrons. The van der Waals surface area contributed by atoms with Gasteiger partial charge in [0.25, 0.3) is 0 Å². The van der Waals surface area contributed by atoms with Crippen molar-refractivity contribution in [1.29, 1.82) is 0 Å². The minimum Gasteiger partial charge on any atom is -0.339 e. The number of hydrogen-bond acceptors (Lipinski definition) is 1. The van der Waals surface area contributed by atoms with Gasteiger partial charge in [0.1, 0.15) is 0 Å². The van der Waals surface area contributed by atoms with Crippen LogP contribution < -0.4 is 0 Å². The molecule has 0 aromatic rings. The molecule has 1 fully saturated rings. The topological polar surface area (TPSA) is 20.3 Å². The molecular weight excluding hydrogens is 290 g/mol. The summed E-state index contributed by atoms with van der Waals surface area (Å²) < 4.78 is 0. The normalized spacial score (nSPS) is 20.8. The van der Waals surface area contributed by atoms with Crippen molar-refractivity contribution in [2.75, 3.05) is 11.9 Å². The van der Waals surface area contributed by atoms with E-state index < -0.39 is 0 Å². The van der Waals surface area contributed by atoms with E-state index >= 15 is 0 Å². The Morgan fingerprint density at radius 2 is 1.94 bits per heavy atom. The van der Waals surface area contributed by atoms with E-state index in [4.69, 9.17) is 0 Å². The highest BCUT2D eigenvalue weighted by Gasteiger charge is 2.23. The van der Waals surface area contributed by atoms with E-state index in [0.717, 1.165) is 24.7 Å². The van der Waals surface area contributed by atoms with Crippen molar-refractivity contribution in [2.24, 2.45) is 0 Å². The highest BCUT2D eigenvalue weighted by atomic mass is 79.9. The fourth-order valence-electron chi connectivity index (χ4n) is 2.69. The van der Waals surface area contributed by atoms with Gasteiger partial charge in [-0.05, 0) is 19.3 Å². The monoisotopic (exact) mass is 317 g/mol. The second-order valence-corrected chi connectivity index (χ2v) is 6.06. The molecule has 0 aromatic carbocycles. The molecule has 0 bridgehead atoms. The molecule has 2 nitrogen and oxygen atoms in total. The third kappa shape index (κ3) is 5.73. The zero-order chi connectivity index (χ0) is 13.2. The fraction of sp³-hybridized carbons (Fsp3) is 0.933. The Morgan fingerprint density at radius 1 is 1.17 bits per heavy atom. The van der Waals surface area contributed by atoms with Crippen LogP contribution in [0.15, 0.2) is 0 Å². The lowest BCUT2D eigenvalue weighted by molar-refractivity contribution is -0.133. The number of likely N-dealkylation sites (tertiary alicyclic amines) is 1. The van der Waals surface area contributed by atoms with E-state index in [1.54, 1.807) is 0 Å². The highest BCUT2D eigenvalue weighted by Crippen LogP contribution is 2.20. The molecular formula is C15H28BrNO. The van der Waals surface area contributed by atoms with Crippen LogP contribution in [0.4, 0.5) is 0 Å². The highest BCUT2D eigenvalue weighted by molar-refractivity contribution is 9.09. The van der Waals surface area contributed by atoms with Crippen molar-refractivity contribution in [3.05, 3.63) is 0 Å². The van der Waals surface area contributed by atoms with Crippen LogP contribution in [0.25, 0.3) is 0 Å². The van der Waals surface area contributed by atoms with Crippen LogP contribution in [0, 0.1) is 0 Å². The summed E-state index contributed by atoms with van der Waals surface area (Å²) in [4.78, 5) is 14.4. The Balaban J connectivity index is 2.28. The number of nitrogens with zero attached hydrogens (tertiary/aromatic N) is 1. The molecule has 0 N–H and O–H groups in total. The fourth-order valence-corrected chi connectivity index (χ4v) is 3.36. The minimum absolute atomic E-state index is 0.387. The van der Waals surface area contributed by atoms with E-state index in [1.165, 1.54) is 51.4 Å². The van der Waals surface area contributed by atoms with E-state index in [-0.39, 0.29) is 0 Å². The lowest BCUT2D eigenvalue weighted by Gasteiger charge is -2.28. The van der Waals surface area contributed by atoms with Gasteiger partial charge >= 0.3 is 0 Å². The van der Waals surface area contributed by atoms with Gasteiger partial charge in [0.2, 0.25) is 5.91 Å². The summed E-state index contributed by atoms with van der Waals surface area (Å²) in [6.07, 6.45) is 11.8. The molecule has 0 aromatic heterocycles. The predicted molar refractivity (Wildman–Crippen MR) is 81.1 cm³/mol. The quantitative estimate of drug-likeness (QED) is 0.499. The molecule has 18 heavy (non-hydrogen) atoms. The van der Waals surface area contributed by atoms with Crippen molar-refractivity contribution < 1.29 is 4.79 Å². The summed E-state index contributed by atoms with van der Waals surface area (Å²) in [6.45, 7) is 3.20. The van der Waals surface area contributed by atoms with Crippen molar-refractivity contribution in [2.45, 2.75) is 77.2 Å². The maximum atomic E-state index is 12.3. The van der Waals surface area contributed by atoms with Crippen LogP contribution in [-0.2, 0) is 4.79 Å². The molecule has 3 heteroatoms. The summed E-state index contributed by atoms with van der Waals surface area (Å²) in [6, 6.07) is 0.440. The van der Waals surface area contributed by atoms with Crippen molar-refractivity contribution in [3.63, 3.8) is 0 Å². The summed E-state index contributed by atoms with van der Waals surface area (Å²) in [5.41, 5.74) is 0. The lowest BCUT2D eigenvalue weighted by atomic mass is 10.1. The van der Waals surface area contributed by atoms with Gasteiger partial charge in [-0.2, -0.15) is 0 Å². The van der Waals surface area contributed by atoms with Crippen molar-refractivity contribution in [1.82, 2.24) is 4.90 Å². The Hall–Kier alpha value is -0.0500. The first-order valence-corrected chi connectivity index (χ1v) is 8.77. The minimum atomic E-state index is 0.387. The van der Waals surface area contributed by atoms with Gasteiger partial charge in [-0.1, -0.05) is 61.4 Å². The Labute approximate surface area is 121 Å². The molecule has 0 saturated carbocycles. The molecule has 106 valence electrons. The van der Waals surface area contributed by atoms with E-state index in [1.807, 2.05) is 0 Å². The SMILES string of the molecule is CCCCCCCC(=O)N1CCCCCC1CBr. The zero-order valence-electron chi connectivity index (χ0n) is 11.8. The second kappa shape index (κ2) is 9.82. The summed E-state index contributed by atoms with van der Waals surface area (Å²) >= 11 is 3.56. The van der Waals surface area contributed by atoms with Crippen LogP contribution in [0.2, 0.25) is 0 Å². The average molecular weight is 318 g/mol. The third-order valence-electron chi connectivity index (χ3n) is 3.87. The van der Waals surface area contributed by atoms with Crippen LogP contribution in [-0.4, -0.2) is 28.7 Å². The van der Waals surface area contributed by atoms with Crippen LogP contribution >= 0.6 is 15.9 Å². The Bertz CT molecular complexity index is 233. The first-order chi connectivity index (χ1) is 8.79. The maximum Gasteiger partial charge on any atom is 0.222 e. The zero-order valence-corrected chi connectivity index (χ0v) is 13.4. The van der Waals surface area contributed by atoms with Crippen LogP contribution in [0.5, 0.6) is 0 Å². The first kappa shape index (κ1) is 16.0. The number of rotatable bonds is 7. The molecule has 1 heterocycles. The molecule has 1 rings (SSSR count). The number of alkyl halides is 1. The number of carbonyl (C=O) groups is 1. The van der Waals surface area contributed by atoms with E-state index in [0.29, 0.717) is 11.9 Å². The van der Waals surface area contributed by atoms with Gasteiger partial charge in [0, 0.05) is 24.3 Å². The Morgan fingerprint density at radius 3 is 2.67 bits per heavy atom. The Kier molecular flexibility index (Phi) is 8.74. The maximum absolute atomic E-state index is 12.3. The van der Waals surface area contributed by atoms with Gasteiger partial charge in [0.15, 0.2) is 0 Å². The average Bonchev–Trinajstić information content (AvgIpc) is 2.63. The number of hydrogen-bond donors (Lipinski definition) is 0. The molecule has 1 aliphatic heterocycles. The molecule has 1 aliphatic rings. The number of halogens is 1. The van der Waals surface area contributed by atoms with Gasteiger partial charge in [0.05, 0.1) is 0 Å². The van der Waals surface area contributed by atoms with E-state index in [2.05, 4.69) is 27.8 Å². The third-order valence-corrected chi connectivity index (χ3v) is 4.62. The van der Waals surface area contributed by atoms with Gasteiger partial charge in [-0.25, -0.2) is 0 Å². The number of amides is 1. The smallest absolute Gasteiger partial charge is 0.222 e. The van der Waals surface area contributed by atoms with Crippen molar-refractivity contribution >= 4 is 21.8 Å². The van der Waals surface area contributed by atoms with Gasteiger partial charge < -0.3 is 4.90 Å². The predicted octanol–water partition coefficient (Wildman–Crippen LogP) is 4.51. The molecule has 1 saturated heterocycles. The molecule has 1 unspecified atom stereocenters. The van der Waals surface area contributed by atoms with Gasteiger partial charge in [-0.3, -0.25) is 4.79 Å². The summed E-state index contributed by atoms with van der Waals surface area (Å²) in [7, 11) is 0. The lowest BCUT2D eigenvalue weighted by Crippen LogP contribution is -2.40. The summed E-state index contributed by atoms with van der Waals surface area (Å²) in [5.74, 6) is 0.387. The number of carbonyl (C=O) groups excluding carboxylic acids is 1. The first-order valence-electron chi connectivity index (χ1n) is 7.65. The van der Waals surface area contributed by atoms with Crippen LogP contribution in [0.1, 0.15) is 71.1 Å². The molecule has 1 atom stereocenters.